The Kier molecular flexibility index (Phi) is 4.00. The first-order chi connectivity index (χ1) is 6.60. The Labute approximate surface area is 90.1 Å². The van der Waals surface area contributed by atoms with E-state index in [1.54, 1.807) is 0 Å². The normalized spacial score (nSPS) is 20.6. The minimum Gasteiger partial charge on any atom is -0.309 e. The molecule has 1 rings (SSSR count). The Morgan fingerprint density at radius 1 is 1.29 bits per heavy atom. The molecule has 0 amide bonds. The SMILES string of the molecule is CCC(S)C1(CCN(C)C)N=NN=N1. The molecule has 14 heavy (non-hydrogen) atoms. The molecule has 6 heteroatoms. The highest BCUT2D eigenvalue weighted by Gasteiger charge is 2.38. The zero-order valence-corrected chi connectivity index (χ0v) is 9.78. The van der Waals surface area contributed by atoms with Crippen LogP contribution in [0.15, 0.2) is 20.7 Å². The van der Waals surface area contributed by atoms with Crippen LogP contribution in [0.5, 0.6) is 0 Å². The van der Waals surface area contributed by atoms with Crippen molar-refractivity contribution in [3.63, 3.8) is 0 Å². The van der Waals surface area contributed by atoms with E-state index in [4.69, 9.17) is 0 Å². The van der Waals surface area contributed by atoms with Crippen LogP contribution in [0.3, 0.4) is 0 Å². The maximum absolute atomic E-state index is 4.49. The van der Waals surface area contributed by atoms with Gasteiger partial charge in [0.05, 0.1) is 5.25 Å². The van der Waals surface area contributed by atoms with E-state index < -0.39 is 5.66 Å². The summed E-state index contributed by atoms with van der Waals surface area (Å²) in [6.45, 7) is 2.98. The second-order valence-corrected chi connectivity index (χ2v) is 4.36. The highest BCUT2D eigenvalue weighted by molar-refractivity contribution is 7.81. The minimum absolute atomic E-state index is 0.0949. The molecule has 1 heterocycles. The van der Waals surface area contributed by atoms with E-state index in [1.165, 1.54) is 0 Å². The first-order valence-electron chi connectivity index (χ1n) is 4.77. The lowest BCUT2D eigenvalue weighted by molar-refractivity contribution is 0.311. The zero-order chi connectivity index (χ0) is 10.6. The lowest BCUT2D eigenvalue weighted by Gasteiger charge is -2.26. The average Bonchev–Trinajstić information content (AvgIpc) is 2.63. The van der Waals surface area contributed by atoms with Gasteiger partial charge in [0.25, 0.3) is 0 Å². The third kappa shape index (κ3) is 2.51. The maximum atomic E-state index is 4.49. The molecule has 0 spiro atoms. The van der Waals surface area contributed by atoms with Crippen LogP contribution in [0.1, 0.15) is 19.8 Å². The van der Waals surface area contributed by atoms with Crippen molar-refractivity contribution in [1.29, 1.82) is 0 Å². The van der Waals surface area contributed by atoms with Gasteiger partial charge in [-0.05, 0) is 31.0 Å². The van der Waals surface area contributed by atoms with E-state index >= 15 is 0 Å². The van der Waals surface area contributed by atoms with Crippen LogP contribution in [-0.2, 0) is 0 Å². The summed E-state index contributed by atoms with van der Waals surface area (Å²) in [6, 6.07) is 0. The topological polar surface area (TPSA) is 52.7 Å². The van der Waals surface area contributed by atoms with Crippen molar-refractivity contribution in [3.8, 4) is 0 Å². The van der Waals surface area contributed by atoms with Crippen molar-refractivity contribution in [2.75, 3.05) is 20.6 Å². The van der Waals surface area contributed by atoms with Crippen molar-refractivity contribution in [3.05, 3.63) is 0 Å². The van der Waals surface area contributed by atoms with Gasteiger partial charge in [0.2, 0.25) is 5.66 Å². The molecule has 0 radical (unpaired) electrons. The molecule has 0 aliphatic carbocycles. The van der Waals surface area contributed by atoms with Crippen molar-refractivity contribution in [2.24, 2.45) is 20.7 Å². The fraction of sp³-hybridized carbons (Fsp3) is 1.00. The summed E-state index contributed by atoms with van der Waals surface area (Å²) in [5.41, 5.74) is -0.526. The zero-order valence-electron chi connectivity index (χ0n) is 8.88. The van der Waals surface area contributed by atoms with Gasteiger partial charge in [0.1, 0.15) is 0 Å². The van der Waals surface area contributed by atoms with Gasteiger partial charge in [-0.2, -0.15) is 12.6 Å². The monoisotopic (exact) mass is 215 g/mol. The van der Waals surface area contributed by atoms with Gasteiger partial charge in [-0.15, -0.1) is 10.2 Å². The molecule has 1 aliphatic heterocycles. The summed E-state index contributed by atoms with van der Waals surface area (Å²) >= 11 is 4.49. The lowest BCUT2D eigenvalue weighted by atomic mass is 10.0. The summed E-state index contributed by atoms with van der Waals surface area (Å²) in [5, 5.41) is 15.5. The van der Waals surface area contributed by atoms with Gasteiger partial charge >= 0.3 is 0 Å². The predicted octanol–water partition coefficient (Wildman–Crippen LogP) is 2.18. The van der Waals surface area contributed by atoms with Crippen LogP contribution >= 0.6 is 12.6 Å². The van der Waals surface area contributed by atoms with Gasteiger partial charge in [-0.1, -0.05) is 6.92 Å². The van der Waals surface area contributed by atoms with Gasteiger partial charge in [0.15, 0.2) is 0 Å². The molecule has 1 unspecified atom stereocenters. The number of hydrogen-bond donors (Lipinski definition) is 1. The van der Waals surface area contributed by atoms with Crippen LogP contribution in [0.4, 0.5) is 0 Å². The molecule has 0 saturated carbocycles. The van der Waals surface area contributed by atoms with Crippen LogP contribution < -0.4 is 0 Å². The molecule has 1 atom stereocenters. The molecule has 0 bridgehead atoms. The summed E-state index contributed by atoms with van der Waals surface area (Å²) in [7, 11) is 4.05. The highest BCUT2D eigenvalue weighted by atomic mass is 32.1. The Balaban J connectivity index is 2.64. The molecule has 0 aromatic carbocycles. The number of thiol groups is 1. The fourth-order valence-electron chi connectivity index (χ4n) is 1.33. The molecule has 0 fully saturated rings. The second-order valence-electron chi connectivity index (χ2n) is 3.73. The van der Waals surface area contributed by atoms with E-state index in [0.717, 1.165) is 19.4 Å². The number of hydrogen-bond acceptors (Lipinski definition) is 6. The Hall–Kier alpha value is -0.490. The number of nitrogens with zero attached hydrogens (tertiary/aromatic N) is 5. The summed E-state index contributed by atoms with van der Waals surface area (Å²) in [4.78, 5) is 2.10. The van der Waals surface area contributed by atoms with Gasteiger partial charge in [-0.25, -0.2) is 0 Å². The largest absolute Gasteiger partial charge is 0.309 e. The summed E-state index contributed by atoms with van der Waals surface area (Å²) in [6.07, 6.45) is 1.73. The molecule has 0 saturated heterocycles. The smallest absolute Gasteiger partial charge is 0.207 e. The summed E-state index contributed by atoms with van der Waals surface area (Å²) < 4.78 is 0. The molecular weight excluding hydrogens is 198 g/mol. The van der Waals surface area contributed by atoms with Crippen LogP contribution in [0, 0.1) is 0 Å². The molecule has 5 nitrogen and oxygen atoms in total. The van der Waals surface area contributed by atoms with Crippen LogP contribution in [0.25, 0.3) is 0 Å². The second kappa shape index (κ2) is 4.84. The van der Waals surface area contributed by atoms with Crippen molar-refractivity contribution < 1.29 is 0 Å². The first-order valence-corrected chi connectivity index (χ1v) is 5.29. The van der Waals surface area contributed by atoms with Crippen molar-refractivity contribution >= 4 is 12.6 Å². The maximum Gasteiger partial charge on any atom is 0.207 e. The van der Waals surface area contributed by atoms with Crippen molar-refractivity contribution in [2.45, 2.75) is 30.7 Å². The quantitative estimate of drug-likeness (QED) is 0.702. The van der Waals surface area contributed by atoms with Crippen LogP contribution in [0.2, 0.25) is 0 Å². The van der Waals surface area contributed by atoms with E-state index in [2.05, 4.69) is 45.1 Å². The molecule has 0 aromatic heterocycles. The lowest BCUT2D eigenvalue weighted by Crippen LogP contribution is -2.36. The molecule has 80 valence electrons. The van der Waals surface area contributed by atoms with Gasteiger partial charge in [-0.3, -0.25) is 0 Å². The third-order valence-corrected chi connectivity index (χ3v) is 3.10. The van der Waals surface area contributed by atoms with Gasteiger partial charge in [0, 0.05) is 13.0 Å². The Bertz CT molecular complexity index is 226. The Morgan fingerprint density at radius 2 is 1.86 bits per heavy atom. The molecular formula is C8H17N5S. The number of rotatable bonds is 5. The predicted molar refractivity (Wildman–Crippen MR) is 58.7 cm³/mol. The van der Waals surface area contributed by atoms with E-state index in [1.807, 2.05) is 14.1 Å². The molecule has 0 N–H and O–H groups in total. The first kappa shape index (κ1) is 11.6. The standard InChI is InChI=1S/C8H17N5S/c1-4-7(14)8(5-6-13(2)3)9-11-12-10-8/h7,14H,4-6H2,1-3H3. The van der Waals surface area contributed by atoms with E-state index in [9.17, 15) is 0 Å². The minimum atomic E-state index is -0.526. The Morgan fingerprint density at radius 3 is 2.29 bits per heavy atom. The van der Waals surface area contributed by atoms with E-state index in [0.29, 0.717) is 0 Å². The average molecular weight is 215 g/mol. The third-order valence-electron chi connectivity index (χ3n) is 2.32. The van der Waals surface area contributed by atoms with Gasteiger partial charge < -0.3 is 4.90 Å². The highest BCUT2D eigenvalue weighted by Crippen LogP contribution is 2.33. The summed E-state index contributed by atoms with van der Waals surface area (Å²) in [5.74, 6) is 0. The molecule has 0 aromatic rings. The van der Waals surface area contributed by atoms with E-state index in [-0.39, 0.29) is 5.25 Å². The fourth-order valence-corrected chi connectivity index (χ4v) is 1.56. The van der Waals surface area contributed by atoms with Crippen LogP contribution in [-0.4, -0.2) is 36.5 Å². The van der Waals surface area contributed by atoms with Crippen molar-refractivity contribution in [1.82, 2.24) is 4.90 Å². The molecule has 1 aliphatic rings.